The molecule has 0 fully saturated rings. The summed E-state index contributed by atoms with van der Waals surface area (Å²) in [5.41, 5.74) is 1.13. The smallest absolute Gasteiger partial charge is 0.242 e. The largest absolute Gasteiger partial charge is 0.456 e. The Morgan fingerprint density at radius 3 is 2.33 bits per heavy atom. The lowest BCUT2D eigenvalue weighted by Crippen LogP contribution is -2.15. The van der Waals surface area contributed by atoms with Gasteiger partial charge in [0.1, 0.15) is 16.4 Å². The first-order valence-electron chi connectivity index (χ1n) is 8.26. The van der Waals surface area contributed by atoms with E-state index in [0.29, 0.717) is 16.9 Å². The number of nitrogens with two attached hydrogens (primary N) is 1. The summed E-state index contributed by atoms with van der Waals surface area (Å²) in [4.78, 5) is 4.07. The maximum absolute atomic E-state index is 12.6. The quantitative estimate of drug-likeness (QED) is 0.574. The summed E-state index contributed by atoms with van der Waals surface area (Å²) < 4.78 is 31.0. The lowest BCUT2D eigenvalue weighted by molar-refractivity contribution is 0.469. The van der Waals surface area contributed by atoms with Crippen LogP contribution in [-0.4, -0.2) is 13.4 Å². The van der Waals surface area contributed by atoms with Gasteiger partial charge >= 0.3 is 0 Å². The summed E-state index contributed by atoms with van der Waals surface area (Å²) in [5.74, 6) is 0.705. The van der Waals surface area contributed by atoms with Crippen LogP contribution in [0.2, 0.25) is 0 Å². The van der Waals surface area contributed by atoms with Gasteiger partial charge in [-0.05, 0) is 35.0 Å². The third-order valence-electron chi connectivity index (χ3n) is 4.17. The van der Waals surface area contributed by atoms with Crippen LogP contribution in [0.1, 0.15) is 0 Å². The van der Waals surface area contributed by atoms with Crippen LogP contribution in [0.5, 0.6) is 11.5 Å². The first-order chi connectivity index (χ1) is 13.0. The summed E-state index contributed by atoms with van der Waals surface area (Å²) >= 11 is 0. The maximum atomic E-state index is 12.6. The Kier molecular flexibility index (Phi) is 4.35. The second-order valence-corrected chi connectivity index (χ2v) is 7.50. The number of para-hydroxylation sites is 1. The summed E-state index contributed by atoms with van der Waals surface area (Å²) in [6, 6.07) is 21.7. The molecule has 0 aliphatic rings. The average Bonchev–Trinajstić information content (AvgIpc) is 2.67. The minimum absolute atomic E-state index is 0.0574. The van der Waals surface area contributed by atoms with E-state index in [1.165, 1.54) is 0 Å². The molecule has 0 aliphatic carbocycles. The van der Waals surface area contributed by atoms with Crippen LogP contribution in [0.25, 0.3) is 21.9 Å². The molecule has 1 aromatic heterocycles. The number of ether oxygens (including phenoxy) is 1. The van der Waals surface area contributed by atoms with Crippen molar-refractivity contribution in [2.45, 2.75) is 4.90 Å². The van der Waals surface area contributed by atoms with Crippen molar-refractivity contribution in [1.82, 2.24) is 4.98 Å². The van der Waals surface area contributed by atoms with E-state index < -0.39 is 10.0 Å². The second kappa shape index (κ2) is 6.83. The highest BCUT2D eigenvalue weighted by Crippen LogP contribution is 2.41. The van der Waals surface area contributed by atoms with Crippen molar-refractivity contribution in [3.8, 4) is 22.6 Å². The number of benzene rings is 3. The molecule has 134 valence electrons. The topological polar surface area (TPSA) is 82.3 Å². The lowest BCUT2D eigenvalue weighted by atomic mass is 9.98. The molecule has 27 heavy (non-hydrogen) atoms. The zero-order valence-electron chi connectivity index (χ0n) is 14.2. The van der Waals surface area contributed by atoms with Crippen molar-refractivity contribution in [2.24, 2.45) is 5.14 Å². The molecule has 4 aromatic rings. The Bertz CT molecular complexity index is 1210. The predicted molar refractivity (Wildman–Crippen MR) is 105 cm³/mol. The summed E-state index contributed by atoms with van der Waals surface area (Å²) in [7, 11) is -4.08. The summed E-state index contributed by atoms with van der Waals surface area (Å²) in [6.07, 6.45) is 3.25. The number of nitrogens with zero attached hydrogens (tertiary/aromatic N) is 1. The van der Waals surface area contributed by atoms with Crippen LogP contribution in [0, 0.1) is 0 Å². The Hall–Kier alpha value is -3.22. The van der Waals surface area contributed by atoms with Gasteiger partial charge in [-0.3, -0.25) is 4.98 Å². The Balaban J connectivity index is 2.09. The zero-order valence-corrected chi connectivity index (χ0v) is 15.1. The van der Waals surface area contributed by atoms with Crippen LogP contribution in [0.15, 0.2) is 90.1 Å². The lowest BCUT2D eigenvalue weighted by Gasteiger charge is -2.17. The number of hydrogen-bond acceptors (Lipinski definition) is 4. The van der Waals surface area contributed by atoms with Crippen molar-refractivity contribution in [1.29, 1.82) is 0 Å². The Morgan fingerprint density at radius 2 is 1.63 bits per heavy atom. The van der Waals surface area contributed by atoms with E-state index in [2.05, 4.69) is 4.98 Å². The van der Waals surface area contributed by atoms with Crippen molar-refractivity contribution in [3.05, 3.63) is 85.2 Å². The highest BCUT2D eigenvalue weighted by molar-refractivity contribution is 7.89. The van der Waals surface area contributed by atoms with Crippen LogP contribution in [0.4, 0.5) is 0 Å². The molecule has 0 unspecified atom stereocenters. The molecule has 6 heteroatoms. The van der Waals surface area contributed by atoms with Crippen LogP contribution < -0.4 is 9.88 Å². The average molecular weight is 376 g/mol. The minimum Gasteiger partial charge on any atom is -0.456 e. The van der Waals surface area contributed by atoms with E-state index in [4.69, 9.17) is 9.88 Å². The van der Waals surface area contributed by atoms with Gasteiger partial charge in [0.05, 0.1) is 0 Å². The van der Waals surface area contributed by atoms with Crippen LogP contribution >= 0.6 is 0 Å². The van der Waals surface area contributed by atoms with Gasteiger partial charge in [0, 0.05) is 23.5 Å². The highest BCUT2D eigenvalue weighted by Gasteiger charge is 2.25. The predicted octanol–water partition coefficient (Wildman–Crippen LogP) is 4.34. The molecule has 0 atom stereocenters. The van der Waals surface area contributed by atoms with Gasteiger partial charge in [0.2, 0.25) is 10.0 Å². The number of hydrogen-bond donors (Lipinski definition) is 1. The molecule has 0 spiro atoms. The first kappa shape index (κ1) is 17.2. The fraction of sp³-hybridized carbons (Fsp3) is 0. The molecule has 4 rings (SSSR count). The fourth-order valence-electron chi connectivity index (χ4n) is 3.07. The van der Waals surface area contributed by atoms with Gasteiger partial charge in [-0.2, -0.15) is 0 Å². The van der Waals surface area contributed by atoms with E-state index >= 15 is 0 Å². The van der Waals surface area contributed by atoms with Gasteiger partial charge in [0.25, 0.3) is 0 Å². The molecular formula is C21H16N2O3S. The molecule has 0 saturated heterocycles. The number of fused-ring (bicyclic) bond motifs is 1. The van der Waals surface area contributed by atoms with E-state index in [9.17, 15) is 8.42 Å². The van der Waals surface area contributed by atoms with Gasteiger partial charge in [-0.15, -0.1) is 0 Å². The molecule has 3 aromatic carbocycles. The standard InChI is InChI=1S/C21H16N2O3S/c22-27(24,25)21-19(26-17-9-2-1-3-10-17)13-15-7-4-5-11-18(15)20(21)16-8-6-12-23-14-16/h1-14H,(H2,22,24,25). The van der Waals surface area contributed by atoms with E-state index in [1.807, 2.05) is 42.5 Å². The SMILES string of the molecule is NS(=O)(=O)c1c(Oc2ccccc2)cc2ccccc2c1-c1cccnc1. The second-order valence-electron chi connectivity index (χ2n) is 6.00. The van der Waals surface area contributed by atoms with Gasteiger partial charge in [-0.1, -0.05) is 48.5 Å². The first-order valence-corrected chi connectivity index (χ1v) is 9.80. The molecule has 2 N–H and O–H groups in total. The normalized spacial score (nSPS) is 11.4. The van der Waals surface area contributed by atoms with E-state index in [-0.39, 0.29) is 10.6 Å². The molecule has 5 nitrogen and oxygen atoms in total. The Labute approximate surface area is 157 Å². The molecule has 0 radical (unpaired) electrons. The third-order valence-corrected chi connectivity index (χ3v) is 5.15. The zero-order chi connectivity index (χ0) is 18.9. The molecule has 0 saturated carbocycles. The van der Waals surface area contributed by atoms with Crippen LogP contribution in [-0.2, 0) is 10.0 Å². The number of aromatic nitrogens is 1. The molecule has 0 aliphatic heterocycles. The highest BCUT2D eigenvalue weighted by atomic mass is 32.2. The van der Waals surface area contributed by atoms with E-state index in [0.717, 1.165) is 10.8 Å². The molecule has 0 bridgehead atoms. The number of rotatable bonds is 4. The molecule has 1 heterocycles. The number of sulfonamides is 1. The third kappa shape index (κ3) is 3.40. The van der Waals surface area contributed by atoms with Gasteiger partial charge < -0.3 is 4.74 Å². The van der Waals surface area contributed by atoms with Crippen molar-refractivity contribution in [3.63, 3.8) is 0 Å². The Morgan fingerprint density at radius 1 is 0.889 bits per heavy atom. The monoisotopic (exact) mass is 376 g/mol. The van der Waals surface area contributed by atoms with Crippen molar-refractivity contribution in [2.75, 3.05) is 0 Å². The number of primary sulfonamides is 1. The van der Waals surface area contributed by atoms with E-state index in [1.54, 1.807) is 42.7 Å². The molecule has 0 amide bonds. The van der Waals surface area contributed by atoms with Gasteiger partial charge in [0.15, 0.2) is 0 Å². The van der Waals surface area contributed by atoms with Gasteiger partial charge in [-0.25, -0.2) is 13.6 Å². The van der Waals surface area contributed by atoms with Crippen molar-refractivity contribution >= 4 is 20.8 Å². The summed E-state index contributed by atoms with van der Waals surface area (Å²) in [5, 5.41) is 7.21. The minimum atomic E-state index is -4.08. The fourth-order valence-corrected chi connectivity index (χ4v) is 3.97. The molecular weight excluding hydrogens is 360 g/mol. The van der Waals surface area contributed by atoms with Crippen LogP contribution in [0.3, 0.4) is 0 Å². The maximum Gasteiger partial charge on any atom is 0.242 e. The summed E-state index contributed by atoms with van der Waals surface area (Å²) in [6.45, 7) is 0. The number of pyridine rings is 1. The van der Waals surface area contributed by atoms with Crippen molar-refractivity contribution < 1.29 is 13.2 Å².